The number of fused-ring (bicyclic) bond motifs is 1. The second kappa shape index (κ2) is 5.67. The van der Waals surface area contributed by atoms with Crippen LogP contribution in [0, 0.1) is 11.3 Å². The van der Waals surface area contributed by atoms with E-state index < -0.39 is 0 Å². The Morgan fingerprint density at radius 3 is 2.90 bits per heavy atom. The summed E-state index contributed by atoms with van der Waals surface area (Å²) in [5.74, 6) is 0.993. The van der Waals surface area contributed by atoms with Gasteiger partial charge in [0.25, 0.3) is 0 Å². The van der Waals surface area contributed by atoms with Crippen LogP contribution in [0.4, 0.5) is 5.69 Å². The third-order valence-corrected chi connectivity index (χ3v) is 4.00. The largest absolute Gasteiger partial charge is 0.493 e. The molecular formula is C17H15ClN2O. The van der Waals surface area contributed by atoms with Crippen molar-refractivity contribution in [1.29, 1.82) is 5.26 Å². The Bertz CT molecular complexity index is 721. The van der Waals surface area contributed by atoms with Crippen LogP contribution in [0.5, 0.6) is 5.75 Å². The fourth-order valence-electron chi connectivity index (χ4n) is 2.50. The van der Waals surface area contributed by atoms with E-state index in [0.29, 0.717) is 10.6 Å². The zero-order valence-corrected chi connectivity index (χ0v) is 12.4. The smallest absolute Gasteiger partial charge is 0.122 e. The summed E-state index contributed by atoms with van der Waals surface area (Å²) in [5, 5.41) is 12.8. The molecule has 0 radical (unpaired) electrons. The first-order valence-corrected chi connectivity index (χ1v) is 7.27. The van der Waals surface area contributed by atoms with Gasteiger partial charge in [0.2, 0.25) is 0 Å². The predicted octanol–water partition coefficient (Wildman–Crippen LogP) is 4.32. The first-order valence-electron chi connectivity index (χ1n) is 6.89. The van der Waals surface area contributed by atoms with Crippen LogP contribution in [0.3, 0.4) is 0 Å². The molecule has 1 N–H and O–H groups in total. The van der Waals surface area contributed by atoms with E-state index >= 15 is 0 Å². The second-order valence-electron chi connectivity index (χ2n) is 5.14. The SMILES string of the molecule is CC(Nc1ccc(C#N)c(Cl)c1)c1ccc2c(c1)CCO2. The Hall–Kier alpha value is -2.18. The summed E-state index contributed by atoms with van der Waals surface area (Å²) in [5.41, 5.74) is 3.87. The molecule has 1 heterocycles. The van der Waals surface area contributed by atoms with Crippen LogP contribution in [0.25, 0.3) is 0 Å². The zero-order valence-electron chi connectivity index (χ0n) is 11.7. The molecule has 0 spiro atoms. The lowest BCUT2D eigenvalue weighted by atomic mass is 10.0. The summed E-state index contributed by atoms with van der Waals surface area (Å²) in [6.45, 7) is 2.87. The normalized spacial score (nSPS) is 14.0. The van der Waals surface area contributed by atoms with E-state index in [0.717, 1.165) is 24.5 Å². The first-order chi connectivity index (χ1) is 10.2. The van der Waals surface area contributed by atoms with Crippen molar-refractivity contribution in [3.8, 4) is 11.8 Å². The summed E-state index contributed by atoms with van der Waals surface area (Å²) >= 11 is 6.06. The monoisotopic (exact) mass is 298 g/mol. The van der Waals surface area contributed by atoms with E-state index in [1.165, 1.54) is 11.1 Å². The van der Waals surface area contributed by atoms with E-state index in [9.17, 15) is 0 Å². The van der Waals surface area contributed by atoms with Crippen molar-refractivity contribution in [3.05, 3.63) is 58.1 Å². The fourth-order valence-corrected chi connectivity index (χ4v) is 2.73. The van der Waals surface area contributed by atoms with Crippen molar-refractivity contribution in [2.45, 2.75) is 19.4 Å². The van der Waals surface area contributed by atoms with Crippen molar-refractivity contribution < 1.29 is 4.74 Å². The average Bonchev–Trinajstić information content (AvgIpc) is 2.94. The van der Waals surface area contributed by atoms with E-state index in [1.54, 1.807) is 12.1 Å². The third-order valence-electron chi connectivity index (χ3n) is 3.69. The zero-order chi connectivity index (χ0) is 14.8. The van der Waals surface area contributed by atoms with Gasteiger partial charge >= 0.3 is 0 Å². The molecule has 21 heavy (non-hydrogen) atoms. The molecule has 0 saturated heterocycles. The maximum atomic E-state index is 8.89. The van der Waals surface area contributed by atoms with Crippen LogP contribution >= 0.6 is 11.6 Å². The molecule has 106 valence electrons. The van der Waals surface area contributed by atoms with Crippen molar-refractivity contribution in [2.24, 2.45) is 0 Å². The molecule has 0 aromatic heterocycles. The van der Waals surface area contributed by atoms with Crippen LogP contribution in [-0.2, 0) is 6.42 Å². The topological polar surface area (TPSA) is 45.0 Å². The highest BCUT2D eigenvalue weighted by atomic mass is 35.5. The van der Waals surface area contributed by atoms with E-state index in [1.807, 2.05) is 12.1 Å². The number of ether oxygens (including phenoxy) is 1. The highest BCUT2D eigenvalue weighted by Crippen LogP contribution is 2.30. The molecule has 4 heteroatoms. The lowest BCUT2D eigenvalue weighted by Gasteiger charge is -2.17. The van der Waals surface area contributed by atoms with Gasteiger partial charge in [0.05, 0.1) is 17.2 Å². The molecule has 0 saturated carbocycles. The lowest BCUT2D eigenvalue weighted by molar-refractivity contribution is 0.357. The lowest BCUT2D eigenvalue weighted by Crippen LogP contribution is -2.06. The molecule has 1 aliphatic rings. The number of benzene rings is 2. The van der Waals surface area contributed by atoms with Gasteiger partial charge in [-0.1, -0.05) is 17.7 Å². The van der Waals surface area contributed by atoms with Gasteiger partial charge in [-0.3, -0.25) is 0 Å². The van der Waals surface area contributed by atoms with Crippen LogP contribution in [0.1, 0.15) is 29.7 Å². The van der Waals surface area contributed by atoms with Gasteiger partial charge in [-0.05, 0) is 48.4 Å². The average molecular weight is 299 g/mol. The summed E-state index contributed by atoms with van der Waals surface area (Å²) in [6, 6.07) is 13.9. The summed E-state index contributed by atoms with van der Waals surface area (Å²) in [4.78, 5) is 0. The Morgan fingerprint density at radius 2 is 2.14 bits per heavy atom. The quantitative estimate of drug-likeness (QED) is 0.918. The van der Waals surface area contributed by atoms with Crippen LogP contribution in [0.15, 0.2) is 36.4 Å². The van der Waals surface area contributed by atoms with Crippen LogP contribution in [0.2, 0.25) is 5.02 Å². The number of hydrogen-bond acceptors (Lipinski definition) is 3. The molecule has 2 aromatic carbocycles. The van der Waals surface area contributed by atoms with Gasteiger partial charge in [0.1, 0.15) is 11.8 Å². The van der Waals surface area contributed by atoms with Crippen molar-refractivity contribution in [1.82, 2.24) is 0 Å². The third kappa shape index (κ3) is 2.81. The molecule has 1 atom stereocenters. The summed E-state index contributed by atoms with van der Waals surface area (Å²) in [6.07, 6.45) is 0.971. The van der Waals surface area contributed by atoms with Crippen molar-refractivity contribution in [2.75, 3.05) is 11.9 Å². The highest BCUT2D eigenvalue weighted by Gasteiger charge is 2.14. The minimum absolute atomic E-state index is 0.153. The number of hydrogen-bond donors (Lipinski definition) is 1. The van der Waals surface area contributed by atoms with Crippen LogP contribution < -0.4 is 10.1 Å². The number of rotatable bonds is 3. The Balaban J connectivity index is 1.78. The molecule has 1 aliphatic heterocycles. The fraction of sp³-hybridized carbons (Fsp3) is 0.235. The maximum absolute atomic E-state index is 8.89. The Labute approximate surface area is 129 Å². The number of nitriles is 1. The van der Waals surface area contributed by atoms with Gasteiger partial charge < -0.3 is 10.1 Å². The Morgan fingerprint density at radius 1 is 1.29 bits per heavy atom. The van der Waals surface area contributed by atoms with Gasteiger partial charge in [0.15, 0.2) is 0 Å². The second-order valence-corrected chi connectivity index (χ2v) is 5.55. The molecule has 2 aromatic rings. The van der Waals surface area contributed by atoms with E-state index in [4.69, 9.17) is 21.6 Å². The van der Waals surface area contributed by atoms with E-state index in [-0.39, 0.29) is 6.04 Å². The molecular weight excluding hydrogens is 284 g/mol. The van der Waals surface area contributed by atoms with Crippen molar-refractivity contribution in [3.63, 3.8) is 0 Å². The van der Waals surface area contributed by atoms with Gasteiger partial charge in [-0.15, -0.1) is 0 Å². The molecule has 0 aliphatic carbocycles. The summed E-state index contributed by atoms with van der Waals surface area (Å²) < 4.78 is 5.52. The van der Waals surface area contributed by atoms with Gasteiger partial charge in [-0.2, -0.15) is 5.26 Å². The minimum atomic E-state index is 0.153. The number of nitrogens with one attached hydrogen (secondary N) is 1. The molecule has 3 rings (SSSR count). The summed E-state index contributed by atoms with van der Waals surface area (Å²) in [7, 11) is 0. The molecule has 0 fully saturated rings. The molecule has 0 bridgehead atoms. The maximum Gasteiger partial charge on any atom is 0.122 e. The van der Waals surface area contributed by atoms with E-state index in [2.05, 4.69) is 30.4 Å². The van der Waals surface area contributed by atoms with Gasteiger partial charge in [-0.25, -0.2) is 0 Å². The molecule has 3 nitrogen and oxygen atoms in total. The predicted molar refractivity (Wildman–Crippen MR) is 83.8 cm³/mol. The Kier molecular flexibility index (Phi) is 3.72. The van der Waals surface area contributed by atoms with Crippen LogP contribution in [-0.4, -0.2) is 6.61 Å². The highest BCUT2D eigenvalue weighted by molar-refractivity contribution is 6.32. The number of halogens is 1. The standard InChI is InChI=1S/C17H15ClN2O/c1-11(12-3-5-17-13(8-12)6-7-21-17)20-15-4-2-14(10-19)16(18)9-15/h2-5,8-9,11,20H,6-7H2,1H3. The number of nitrogens with zero attached hydrogens (tertiary/aromatic N) is 1. The first kappa shape index (κ1) is 13.8. The number of anilines is 1. The molecule has 1 unspecified atom stereocenters. The van der Waals surface area contributed by atoms with Gasteiger partial charge in [0, 0.05) is 18.2 Å². The van der Waals surface area contributed by atoms with Crippen molar-refractivity contribution >= 4 is 17.3 Å². The minimum Gasteiger partial charge on any atom is -0.493 e. The molecule has 0 amide bonds.